The SMILES string of the molecule is O=C(O)Cc1cccc(Oc2nc[nH]c(=O)c2Cl)c1. The highest BCUT2D eigenvalue weighted by atomic mass is 35.5. The second-order valence-electron chi connectivity index (χ2n) is 3.67. The zero-order chi connectivity index (χ0) is 13.8. The van der Waals surface area contributed by atoms with Gasteiger partial charge >= 0.3 is 5.97 Å². The predicted molar refractivity (Wildman–Crippen MR) is 67.7 cm³/mol. The first kappa shape index (κ1) is 13.1. The molecule has 0 aliphatic heterocycles. The Kier molecular flexibility index (Phi) is 3.82. The molecule has 0 atom stereocenters. The number of hydrogen-bond donors (Lipinski definition) is 2. The molecule has 0 spiro atoms. The van der Waals surface area contributed by atoms with Crippen molar-refractivity contribution in [1.82, 2.24) is 9.97 Å². The van der Waals surface area contributed by atoms with E-state index in [-0.39, 0.29) is 17.3 Å². The average Bonchev–Trinajstić information content (AvgIpc) is 2.35. The fraction of sp³-hybridized carbons (Fsp3) is 0.0833. The van der Waals surface area contributed by atoms with Crippen LogP contribution in [0.3, 0.4) is 0 Å². The Hall–Kier alpha value is -2.34. The van der Waals surface area contributed by atoms with Gasteiger partial charge in [-0.15, -0.1) is 0 Å². The summed E-state index contributed by atoms with van der Waals surface area (Å²) in [5.74, 6) is -0.610. The van der Waals surface area contributed by atoms with Crippen molar-refractivity contribution in [3.05, 3.63) is 51.5 Å². The van der Waals surface area contributed by atoms with Crippen LogP contribution in [0.2, 0.25) is 5.02 Å². The van der Waals surface area contributed by atoms with Crippen LogP contribution in [0.25, 0.3) is 0 Å². The van der Waals surface area contributed by atoms with Crippen LogP contribution < -0.4 is 10.3 Å². The fourth-order valence-corrected chi connectivity index (χ4v) is 1.58. The van der Waals surface area contributed by atoms with Crippen molar-refractivity contribution in [3.63, 3.8) is 0 Å². The maximum absolute atomic E-state index is 11.3. The van der Waals surface area contributed by atoms with Gasteiger partial charge in [-0.25, -0.2) is 4.98 Å². The van der Waals surface area contributed by atoms with Crippen LogP contribution in [0.4, 0.5) is 0 Å². The minimum absolute atomic E-state index is 0.0297. The minimum atomic E-state index is -0.940. The Labute approximate surface area is 112 Å². The third-order valence-corrected chi connectivity index (χ3v) is 2.57. The molecular weight excluding hydrogens is 272 g/mol. The van der Waals surface area contributed by atoms with Gasteiger partial charge in [0.1, 0.15) is 5.75 Å². The standard InChI is InChI=1S/C12H9ClN2O4/c13-10-11(18)14-6-15-12(10)19-8-3-1-2-7(4-8)5-9(16)17/h1-4,6H,5H2,(H,16,17)(H,14,15,18). The van der Waals surface area contributed by atoms with Crippen LogP contribution in [0.5, 0.6) is 11.6 Å². The van der Waals surface area contributed by atoms with E-state index in [1.54, 1.807) is 24.3 Å². The Balaban J connectivity index is 2.26. The van der Waals surface area contributed by atoms with Crippen LogP contribution in [-0.2, 0) is 11.2 Å². The van der Waals surface area contributed by atoms with Gasteiger partial charge in [0.2, 0.25) is 5.88 Å². The van der Waals surface area contributed by atoms with Crippen molar-refractivity contribution < 1.29 is 14.6 Å². The summed E-state index contributed by atoms with van der Waals surface area (Å²) in [7, 11) is 0. The lowest BCUT2D eigenvalue weighted by molar-refractivity contribution is -0.136. The zero-order valence-electron chi connectivity index (χ0n) is 9.59. The van der Waals surface area contributed by atoms with Gasteiger partial charge in [0.05, 0.1) is 12.7 Å². The van der Waals surface area contributed by atoms with Gasteiger partial charge in [-0.05, 0) is 17.7 Å². The van der Waals surface area contributed by atoms with E-state index in [2.05, 4.69) is 9.97 Å². The van der Waals surface area contributed by atoms with E-state index in [4.69, 9.17) is 21.4 Å². The third-order valence-electron chi connectivity index (χ3n) is 2.23. The first-order valence-electron chi connectivity index (χ1n) is 5.28. The molecule has 2 N–H and O–H groups in total. The minimum Gasteiger partial charge on any atom is -0.481 e. The van der Waals surface area contributed by atoms with E-state index < -0.39 is 11.5 Å². The average molecular weight is 281 g/mol. The number of carboxylic acid groups (broad SMARTS) is 1. The lowest BCUT2D eigenvalue weighted by atomic mass is 10.1. The monoisotopic (exact) mass is 280 g/mol. The Morgan fingerprint density at radius 1 is 1.47 bits per heavy atom. The number of aromatic amines is 1. The normalized spacial score (nSPS) is 10.2. The fourth-order valence-electron chi connectivity index (χ4n) is 1.44. The first-order valence-corrected chi connectivity index (χ1v) is 5.66. The summed E-state index contributed by atoms with van der Waals surface area (Å²) in [5, 5.41) is 8.55. The Morgan fingerprint density at radius 3 is 3.00 bits per heavy atom. The molecule has 98 valence electrons. The molecule has 1 heterocycles. The van der Waals surface area contributed by atoms with Crippen molar-refractivity contribution in [2.75, 3.05) is 0 Å². The van der Waals surface area contributed by atoms with Crippen molar-refractivity contribution in [3.8, 4) is 11.6 Å². The third kappa shape index (κ3) is 3.32. The van der Waals surface area contributed by atoms with Gasteiger partial charge in [0, 0.05) is 0 Å². The molecule has 7 heteroatoms. The van der Waals surface area contributed by atoms with Gasteiger partial charge in [-0.1, -0.05) is 23.7 Å². The van der Waals surface area contributed by atoms with Crippen LogP contribution in [0.1, 0.15) is 5.56 Å². The van der Waals surface area contributed by atoms with Crippen molar-refractivity contribution >= 4 is 17.6 Å². The van der Waals surface area contributed by atoms with Crippen molar-refractivity contribution in [1.29, 1.82) is 0 Å². The summed E-state index contributed by atoms with van der Waals surface area (Å²) in [6.07, 6.45) is 1.05. The molecule has 1 aromatic heterocycles. The number of carboxylic acids is 1. The largest absolute Gasteiger partial charge is 0.481 e. The van der Waals surface area contributed by atoms with Crippen LogP contribution >= 0.6 is 11.6 Å². The molecule has 1 aromatic carbocycles. The summed E-state index contributed by atoms with van der Waals surface area (Å²) in [6, 6.07) is 6.47. The number of aliphatic carboxylic acids is 1. The molecule has 2 rings (SSSR count). The maximum atomic E-state index is 11.3. The number of H-pyrrole nitrogens is 1. The van der Waals surface area contributed by atoms with E-state index in [9.17, 15) is 9.59 Å². The zero-order valence-corrected chi connectivity index (χ0v) is 10.3. The summed E-state index contributed by atoms with van der Waals surface area (Å²) >= 11 is 5.74. The lowest BCUT2D eigenvalue weighted by Crippen LogP contribution is -2.08. The lowest BCUT2D eigenvalue weighted by Gasteiger charge is -2.06. The number of nitrogens with zero attached hydrogens (tertiary/aromatic N) is 1. The number of ether oxygens (including phenoxy) is 1. The van der Waals surface area contributed by atoms with Crippen LogP contribution in [0.15, 0.2) is 35.4 Å². The molecule has 0 aliphatic rings. The van der Waals surface area contributed by atoms with E-state index in [0.29, 0.717) is 11.3 Å². The highest BCUT2D eigenvalue weighted by molar-refractivity contribution is 6.31. The summed E-state index contributed by atoms with van der Waals surface area (Å²) in [4.78, 5) is 28.0. The number of nitrogens with one attached hydrogen (secondary N) is 1. The van der Waals surface area contributed by atoms with Gasteiger partial charge in [0.15, 0.2) is 5.02 Å². The van der Waals surface area contributed by atoms with Crippen molar-refractivity contribution in [2.24, 2.45) is 0 Å². The summed E-state index contributed by atoms with van der Waals surface area (Å²) in [6.45, 7) is 0. The Morgan fingerprint density at radius 2 is 2.26 bits per heavy atom. The molecule has 6 nitrogen and oxygen atoms in total. The highest BCUT2D eigenvalue weighted by Crippen LogP contribution is 2.24. The molecular formula is C12H9ClN2O4. The molecule has 0 fully saturated rings. The number of hydrogen-bond acceptors (Lipinski definition) is 4. The molecule has 0 radical (unpaired) electrons. The molecule has 0 aliphatic carbocycles. The molecule has 0 bridgehead atoms. The van der Waals surface area contributed by atoms with Gasteiger partial charge in [0.25, 0.3) is 5.56 Å². The first-order chi connectivity index (χ1) is 9.06. The number of benzene rings is 1. The van der Waals surface area contributed by atoms with Crippen molar-refractivity contribution in [2.45, 2.75) is 6.42 Å². The van der Waals surface area contributed by atoms with Gasteiger partial charge in [-0.2, -0.15) is 0 Å². The van der Waals surface area contributed by atoms with Crippen LogP contribution in [0, 0.1) is 0 Å². The second-order valence-corrected chi connectivity index (χ2v) is 4.05. The number of aromatic nitrogens is 2. The van der Waals surface area contributed by atoms with E-state index in [0.717, 1.165) is 0 Å². The van der Waals surface area contributed by atoms with E-state index >= 15 is 0 Å². The summed E-state index contributed by atoms with van der Waals surface area (Å²) in [5.41, 5.74) is 0.0688. The van der Waals surface area contributed by atoms with Gasteiger partial charge in [-0.3, -0.25) is 9.59 Å². The molecule has 0 saturated carbocycles. The highest BCUT2D eigenvalue weighted by Gasteiger charge is 2.09. The molecule has 2 aromatic rings. The molecule has 0 unspecified atom stereocenters. The Bertz CT molecular complexity index is 669. The molecule has 0 amide bonds. The number of halogens is 1. The van der Waals surface area contributed by atoms with E-state index in [1.165, 1.54) is 6.33 Å². The van der Waals surface area contributed by atoms with Gasteiger partial charge < -0.3 is 14.8 Å². The smallest absolute Gasteiger partial charge is 0.307 e. The quantitative estimate of drug-likeness (QED) is 0.891. The maximum Gasteiger partial charge on any atom is 0.307 e. The number of carbonyl (C=O) groups is 1. The second kappa shape index (κ2) is 5.53. The predicted octanol–water partition coefficient (Wildman–Crippen LogP) is 1.84. The molecule has 19 heavy (non-hydrogen) atoms. The molecule has 0 saturated heterocycles. The van der Waals surface area contributed by atoms with Crippen LogP contribution in [-0.4, -0.2) is 21.0 Å². The van der Waals surface area contributed by atoms with E-state index in [1.807, 2.05) is 0 Å². The number of rotatable bonds is 4. The summed E-state index contributed by atoms with van der Waals surface area (Å²) < 4.78 is 5.36. The topological polar surface area (TPSA) is 92.3 Å².